The summed E-state index contributed by atoms with van der Waals surface area (Å²) in [6, 6.07) is 10.1. The molecule has 1 aliphatic heterocycles. The van der Waals surface area contributed by atoms with E-state index >= 15 is 0 Å². The summed E-state index contributed by atoms with van der Waals surface area (Å²) in [7, 11) is -3.53. The fourth-order valence-corrected chi connectivity index (χ4v) is 5.95. The van der Waals surface area contributed by atoms with E-state index in [2.05, 4.69) is 0 Å². The highest BCUT2D eigenvalue weighted by Gasteiger charge is 2.72. The second kappa shape index (κ2) is 8.34. The van der Waals surface area contributed by atoms with Gasteiger partial charge in [0.2, 0.25) is 15.6 Å². The summed E-state index contributed by atoms with van der Waals surface area (Å²) < 4.78 is 77.7. The number of nitrogen functional groups attached to an aromatic ring is 1. The molecule has 0 bridgehead atoms. The Morgan fingerprint density at radius 3 is 2.11 bits per heavy atom. The average Bonchev–Trinajstić information content (AvgIpc) is 3.01. The minimum Gasteiger partial charge on any atom is -0.497 e. The summed E-state index contributed by atoms with van der Waals surface area (Å²) in [5.74, 6) is -2.19. The van der Waals surface area contributed by atoms with Gasteiger partial charge in [-0.2, -0.15) is 17.9 Å². The van der Waals surface area contributed by atoms with Crippen LogP contribution >= 0.6 is 0 Å². The third-order valence-electron chi connectivity index (χ3n) is 6.26. The number of sulfonamides is 1. The van der Waals surface area contributed by atoms with Gasteiger partial charge in [-0.25, -0.2) is 8.42 Å². The van der Waals surface area contributed by atoms with Crippen molar-refractivity contribution in [1.82, 2.24) is 4.72 Å². The highest BCUT2D eigenvalue weighted by molar-refractivity contribution is 7.89. The smallest absolute Gasteiger partial charge is 0.421 e. The Morgan fingerprint density at radius 1 is 1.00 bits per heavy atom. The van der Waals surface area contributed by atoms with Crippen LogP contribution in [0.25, 0.3) is 0 Å². The number of carbonyl (C=O) groups excluding carboxylic acids is 2. The predicted octanol–water partition coefficient (Wildman–Crippen LogP) is 3.55. The number of carbonyl (C=O) groups is 2. The van der Waals surface area contributed by atoms with Crippen LogP contribution in [0.4, 0.5) is 24.5 Å². The standard InChI is InChI=1S/C24H24F3N3O5S/c1-22(2)12-18-20(19(31)13-22)23(24(25,26)27,29-36(33,34)17-10-4-14(28)5-11-17)21(32)30(18)15-6-8-16(35-3)9-7-15/h4-11,29H,12-13,28H2,1-3H3. The first-order valence-corrected chi connectivity index (χ1v) is 12.3. The summed E-state index contributed by atoms with van der Waals surface area (Å²) >= 11 is 0. The number of methoxy groups -OCH3 is 1. The van der Waals surface area contributed by atoms with E-state index in [1.54, 1.807) is 18.6 Å². The zero-order chi connectivity index (χ0) is 26.7. The fourth-order valence-electron chi connectivity index (χ4n) is 4.63. The topological polar surface area (TPSA) is 119 Å². The molecule has 36 heavy (non-hydrogen) atoms. The molecule has 3 N–H and O–H groups in total. The van der Waals surface area contributed by atoms with E-state index in [0.717, 1.165) is 17.0 Å². The van der Waals surface area contributed by atoms with Crippen molar-refractivity contribution in [3.05, 3.63) is 59.8 Å². The van der Waals surface area contributed by atoms with Crippen molar-refractivity contribution in [2.45, 2.75) is 43.3 Å². The van der Waals surface area contributed by atoms with Gasteiger partial charge in [-0.05, 0) is 60.4 Å². The number of allylic oxidation sites excluding steroid dienone is 1. The van der Waals surface area contributed by atoms with Gasteiger partial charge in [-0.1, -0.05) is 13.8 Å². The quantitative estimate of drug-likeness (QED) is 0.579. The molecule has 1 unspecified atom stereocenters. The summed E-state index contributed by atoms with van der Waals surface area (Å²) in [5, 5.41) is 0. The molecule has 4 rings (SSSR count). The summed E-state index contributed by atoms with van der Waals surface area (Å²) in [4.78, 5) is 27.2. The number of halogens is 3. The second-order valence-corrected chi connectivity index (χ2v) is 11.2. The molecule has 0 spiro atoms. The third-order valence-corrected chi connectivity index (χ3v) is 7.72. The lowest BCUT2D eigenvalue weighted by atomic mass is 9.72. The molecule has 1 aliphatic carbocycles. The number of hydrogen-bond donors (Lipinski definition) is 2. The van der Waals surface area contributed by atoms with E-state index in [1.165, 1.54) is 43.5 Å². The number of nitrogens with zero attached hydrogens (tertiary/aromatic N) is 1. The molecular formula is C24H24F3N3O5S. The molecule has 1 atom stereocenters. The maximum Gasteiger partial charge on any atom is 0.421 e. The van der Waals surface area contributed by atoms with E-state index in [1.807, 2.05) is 0 Å². The molecule has 0 saturated heterocycles. The Balaban J connectivity index is 1.96. The van der Waals surface area contributed by atoms with E-state index in [4.69, 9.17) is 10.5 Å². The Hall–Kier alpha value is -3.38. The highest BCUT2D eigenvalue weighted by atomic mass is 32.2. The number of ketones is 1. The number of alkyl halides is 3. The predicted molar refractivity (Wildman–Crippen MR) is 125 cm³/mol. The van der Waals surface area contributed by atoms with Crippen molar-refractivity contribution in [3.8, 4) is 5.75 Å². The molecule has 0 radical (unpaired) electrons. The zero-order valence-electron chi connectivity index (χ0n) is 19.6. The van der Waals surface area contributed by atoms with Gasteiger partial charge in [0.05, 0.1) is 17.6 Å². The van der Waals surface area contributed by atoms with E-state index < -0.39 is 49.3 Å². The van der Waals surface area contributed by atoms with Crippen LogP contribution in [0.2, 0.25) is 0 Å². The van der Waals surface area contributed by atoms with Crippen molar-refractivity contribution in [3.63, 3.8) is 0 Å². The van der Waals surface area contributed by atoms with Gasteiger partial charge in [-0.15, -0.1) is 0 Å². The van der Waals surface area contributed by atoms with Gasteiger partial charge < -0.3 is 10.5 Å². The number of nitrogens with one attached hydrogen (secondary N) is 1. The maximum atomic E-state index is 14.9. The van der Waals surface area contributed by atoms with Crippen molar-refractivity contribution >= 4 is 33.1 Å². The minimum atomic E-state index is -5.48. The summed E-state index contributed by atoms with van der Waals surface area (Å²) in [6.07, 6.45) is -5.84. The first kappa shape index (κ1) is 25.7. The van der Waals surface area contributed by atoms with Crippen molar-refractivity contribution in [1.29, 1.82) is 0 Å². The Morgan fingerprint density at radius 2 is 1.58 bits per heavy atom. The minimum absolute atomic E-state index is 0.0385. The normalized spacial score (nSPS) is 22.1. The molecule has 2 aliphatic rings. The monoisotopic (exact) mass is 523 g/mol. The molecule has 0 aromatic heterocycles. The van der Waals surface area contributed by atoms with Crippen LogP contribution < -0.4 is 20.1 Å². The summed E-state index contributed by atoms with van der Waals surface area (Å²) in [6.45, 7) is 3.38. The number of ether oxygens (including phenoxy) is 1. The number of anilines is 2. The van der Waals surface area contributed by atoms with E-state index in [0.29, 0.717) is 5.75 Å². The molecule has 2 aromatic rings. The van der Waals surface area contributed by atoms with Gasteiger partial charge in [0.1, 0.15) is 5.75 Å². The Bertz CT molecular complexity index is 1370. The first-order valence-electron chi connectivity index (χ1n) is 10.8. The van der Waals surface area contributed by atoms with Gasteiger partial charge in [0, 0.05) is 23.5 Å². The number of benzene rings is 2. The Kier molecular flexibility index (Phi) is 5.96. The molecular weight excluding hydrogens is 499 g/mol. The zero-order valence-corrected chi connectivity index (χ0v) is 20.5. The van der Waals surface area contributed by atoms with Gasteiger partial charge in [0.25, 0.3) is 5.91 Å². The molecule has 192 valence electrons. The van der Waals surface area contributed by atoms with Crippen LogP contribution in [-0.4, -0.2) is 38.9 Å². The number of nitrogens with two attached hydrogens (primary N) is 1. The lowest BCUT2D eigenvalue weighted by Crippen LogP contribution is -2.66. The molecule has 2 aromatic carbocycles. The van der Waals surface area contributed by atoms with Gasteiger partial charge >= 0.3 is 6.18 Å². The SMILES string of the molecule is COc1ccc(N2C(=O)C(NS(=O)(=O)c3ccc(N)cc3)(C(F)(F)F)C3=C2CC(C)(C)CC3=O)cc1. The fraction of sp³-hybridized carbons (Fsp3) is 0.333. The number of amides is 1. The molecule has 8 nitrogen and oxygen atoms in total. The van der Waals surface area contributed by atoms with Crippen LogP contribution in [0.15, 0.2) is 64.7 Å². The molecule has 12 heteroatoms. The molecule has 1 heterocycles. The van der Waals surface area contributed by atoms with E-state index in [9.17, 15) is 31.2 Å². The van der Waals surface area contributed by atoms with Gasteiger partial charge in [-0.3, -0.25) is 14.5 Å². The maximum absolute atomic E-state index is 14.9. The summed E-state index contributed by atoms with van der Waals surface area (Å²) in [5.41, 5.74) is 0.124. The molecule has 0 fully saturated rings. The van der Waals surface area contributed by atoms with Gasteiger partial charge in [0.15, 0.2) is 5.78 Å². The van der Waals surface area contributed by atoms with Crippen LogP contribution in [0.3, 0.4) is 0 Å². The van der Waals surface area contributed by atoms with Crippen LogP contribution in [0.1, 0.15) is 26.7 Å². The van der Waals surface area contributed by atoms with Crippen molar-refractivity contribution in [2.24, 2.45) is 5.41 Å². The molecule has 1 amide bonds. The Labute approximate surface area is 206 Å². The lowest BCUT2D eigenvalue weighted by molar-refractivity contribution is -0.184. The van der Waals surface area contributed by atoms with Crippen LogP contribution in [0, 0.1) is 5.41 Å². The van der Waals surface area contributed by atoms with E-state index in [-0.39, 0.29) is 29.9 Å². The average molecular weight is 524 g/mol. The first-order chi connectivity index (χ1) is 16.6. The largest absolute Gasteiger partial charge is 0.497 e. The lowest BCUT2D eigenvalue weighted by Gasteiger charge is -2.35. The van der Waals surface area contributed by atoms with Crippen molar-refractivity contribution in [2.75, 3.05) is 17.7 Å². The third kappa shape index (κ3) is 4.03. The van der Waals surface area contributed by atoms with Crippen molar-refractivity contribution < 1.29 is 35.9 Å². The van der Waals surface area contributed by atoms with Crippen LogP contribution in [-0.2, 0) is 19.6 Å². The number of Topliss-reactive ketones (excluding diaryl/α,β-unsaturated/α-hetero) is 1. The number of rotatable bonds is 5. The highest BCUT2D eigenvalue weighted by Crippen LogP contribution is 2.53. The second-order valence-electron chi connectivity index (χ2n) is 9.52. The van der Waals surface area contributed by atoms with Crippen LogP contribution in [0.5, 0.6) is 5.75 Å². The molecule has 0 saturated carbocycles. The number of hydrogen-bond acceptors (Lipinski definition) is 6.